The summed E-state index contributed by atoms with van der Waals surface area (Å²) in [6, 6.07) is 5.22. The van der Waals surface area contributed by atoms with Crippen LogP contribution in [-0.4, -0.2) is 33.7 Å². The molecule has 1 unspecified atom stereocenters. The van der Waals surface area contributed by atoms with Crippen LogP contribution in [0.4, 0.5) is 0 Å². The molecule has 1 aromatic heterocycles. The number of amides is 2. The van der Waals surface area contributed by atoms with Gasteiger partial charge in [0.05, 0.1) is 17.1 Å². The number of nitrogens with one attached hydrogen (secondary N) is 1. The topological polar surface area (TPSA) is 82.3 Å². The molecule has 1 atom stereocenters. The van der Waals surface area contributed by atoms with Crippen molar-refractivity contribution in [2.24, 2.45) is 7.05 Å². The maximum Gasteiger partial charge on any atom is 0.329 e. The number of ether oxygens (including phenoxy) is 1. The molecule has 2 aromatic rings. The van der Waals surface area contributed by atoms with Gasteiger partial charge in [-0.05, 0) is 50.8 Å². The number of hydrogen-bond donors (Lipinski definition) is 1. The van der Waals surface area contributed by atoms with Crippen LogP contribution in [0.2, 0.25) is 0 Å². The average Bonchev–Trinajstić information content (AvgIpc) is 2.83. The molecule has 3 rings (SSSR count). The third-order valence-corrected chi connectivity index (χ3v) is 4.74. The molecular formula is C19H25N3O4. The minimum atomic E-state index is -0.644. The number of aryl methyl sites for hydroxylation is 2. The lowest BCUT2D eigenvalue weighted by atomic mass is 10.1. The quantitative estimate of drug-likeness (QED) is 0.628. The number of imide groups is 1. The molecule has 26 heavy (non-hydrogen) atoms. The highest BCUT2D eigenvalue weighted by Gasteiger charge is 2.31. The smallest absolute Gasteiger partial charge is 0.329 e. The highest BCUT2D eigenvalue weighted by molar-refractivity contribution is 6.00. The molecule has 1 aromatic carbocycles. The Bertz CT molecular complexity index is 894. The number of piperidine rings is 1. The van der Waals surface area contributed by atoms with Crippen molar-refractivity contribution in [3.63, 3.8) is 0 Å². The number of carbonyl (C=O) groups excluding carboxylic acids is 2. The Kier molecular flexibility index (Phi) is 5.27. The first-order valence-corrected chi connectivity index (χ1v) is 9.03. The predicted octanol–water partition coefficient (Wildman–Crippen LogP) is 1.68. The normalized spacial score (nSPS) is 17.9. The Morgan fingerprint density at radius 1 is 1.23 bits per heavy atom. The van der Waals surface area contributed by atoms with Crippen LogP contribution in [0.1, 0.15) is 44.7 Å². The molecule has 7 heteroatoms. The monoisotopic (exact) mass is 359 g/mol. The number of imidazole rings is 1. The largest absolute Gasteiger partial charge is 0.379 e. The lowest BCUT2D eigenvalue weighted by Crippen LogP contribution is -2.44. The van der Waals surface area contributed by atoms with Crippen molar-refractivity contribution in [2.75, 3.05) is 6.61 Å². The summed E-state index contributed by atoms with van der Waals surface area (Å²) in [6.07, 6.45) is 2.58. The Hall–Kier alpha value is -2.41. The van der Waals surface area contributed by atoms with E-state index < -0.39 is 11.9 Å². The number of nitrogens with zero attached hydrogens (tertiary/aromatic N) is 2. The fraction of sp³-hybridized carbons (Fsp3) is 0.526. The zero-order chi connectivity index (χ0) is 18.8. The molecule has 0 aliphatic carbocycles. The van der Waals surface area contributed by atoms with E-state index in [1.165, 1.54) is 4.57 Å². The lowest BCUT2D eigenvalue weighted by Gasteiger charge is -2.21. The summed E-state index contributed by atoms with van der Waals surface area (Å²) in [6.45, 7) is 4.73. The van der Waals surface area contributed by atoms with E-state index in [0.29, 0.717) is 18.5 Å². The summed E-state index contributed by atoms with van der Waals surface area (Å²) < 4.78 is 8.63. The summed E-state index contributed by atoms with van der Waals surface area (Å²) in [7, 11) is 1.71. The van der Waals surface area contributed by atoms with Crippen molar-refractivity contribution < 1.29 is 14.3 Å². The standard InChI is InChI=1S/C19H25N3O4/c1-12(2)26-10-4-5-13-6-7-14-16(11-13)21(3)19(25)22(14)15-8-9-17(23)20-18(15)24/h6-7,11-12,15H,4-5,8-10H2,1-3H3,(H,20,23,24). The number of aromatic nitrogens is 2. The third kappa shape index (κ3) is 3.58. The average molecular weight is 359 g/mol. The Morgan fingerprint density at radius 2 is 2.00 bits per heavy atom. The van der Waals surface area contributed by atoms with Gasteiger partial charge >= 0.3 is 5.69 Å². The minimum Gasteiger partial charge on any atom is -0.379 e. The molecule has 1 aliphatic heterocycles. The van der Waals surface area contributed by atoms with Crippen LogP contribution in [0, 0.1) is 0 Å². The second kappa shape index (κ2) is 7.45. The first kappa shape index (κ1) is 18.4. The molecule has 1 aliphatic rings. The van der Waals surface area contributed by atoms with E-state index in [2.05, 4.69) is 5.32 Å². The van der Waals surface area contributed by atoms with Crippen LogP contribution in [0.3, 0.4) is 0 Å². The molecule has 0 spiro atoms. The molecule has 7 nitrogen and oxygen atoms in total. The van der Waals surface area contributed by atoms with Crippen molar-refractivity contribution in [1.29, 1.82) is 0 Å². The van der Waals surface area contributed by atoms with Gasteiger partial charge in [0, 0.05) is 20.1 Å². The fourth-order valence-electron chi connectivity index (χ4n) is 3.39. The van der Waals surface area contributed by atoms with Gasteiger partial charge in [-0.25, -0.2) is 4.79 Å². The van der Waals surface area contributed by atoms with Crippen LogP contribution in [0.15, 0.2) is 23.0 Å². The molecule has 1 N–H and O–H groups in total. The molecule has 2 amide bonds. The fourth-order valence-corrected chi connectivity index (χ4v) is 3.39. The van der Waals surface area contributed by atoms with E-state index in [1.807, 2.05) is 32.0 Å². The molecular weight excluding hydrogens is 334 g/mol. The van der Waals surface area contributed by atoms with Gasteiger partial charge in [-0.1, -0.05) is 6.07 Å². The van der Waals surface area contributed by atoms with E-state index in [-0.39, 0.29) is 24.1 Å². The molecule has 140 valence electrons. The molecule has 0 radical (unpaired) electrons. The van der Waals surface area contributed by atoms with Crippen LogP contribution in [0.5, 0.6) is 0 Å². The Morgan fingerprint density at radius 3 is 2.69 bits per heavy atom. The first-order valence-electron chi connectivity index (χ1n) is 9.03. The number of carbonyl (C=O) groups is 2. The molecule has 0 saturated carbocycles. The second-order valence-electron chi connectivity index (χ2n) is 7.02. The van der Waals surface area contributed by atoms with Gasteiger partial charge in [-0.15, -0.1) is 0 Å². The van der Waals surface area contributed by atoms with Gasteiger partial charge in [-0.3, -0.25) is 24.0 Å². The molecule has 2 heterocycles. The number of hydrogen-bond acceptors (Lipinski definition) is 4. The van der Waals surface area contributed by atoms with E-state index in [1.54, 1.807) is 11.6 Å². The summed E-state index contributed by atoms with van der Waals surface area (Å²) in [5.41, 5.74) is 2.40. The molecule has 0 bridgehead atoms. The van der Waals surface area contributed by atoms with E-state index >= 15 is 0 Å². The highest BCUT2D eigenvalue weighted by Crippen LogP contribution is 2.24. The minimum absolute atomic E-state index is 0.223. The van der Waals surface area contributed by atoms with Crippen molar-refractivity contribution in [3.05, 3.63) is 34.2 Å². The van der Waals surface area contributed by atoms with E-state index in [0.717, 1.165) is 23.9 Å². The van der Waals surface area contributed by atoms with Gasteiger partial charge < -0.3 is 4.74 Å². The van der Waals surface area contributed by atoms with Crippen LogP contribution in [0.25, 0.3) is 11.0 Å². The van der Waals surface area contributed by atoms with E-state index in [9.17, 15) is 14.4 Å². The zero-order valence-corrected chi connectivity index (χ0v) is 15.4. The maximum atomic E-state index is 12.7. The van der Waals surface area contributed by atoms with Gasteiger partial charge in [0.2, 0.25) is 11.8 Å². The number of fused-ring (bicyclic) bond motifs is 1. The SMILES string of the molecule is CC(C)OCCCc1ccc2c(c1)n(C)c(=O)n2C1CCC(=O)NC1=O. The molecule has 1 fully saturated rings. The summed E-state index contributed by atoms with van der Waals surface area (Å²) in [5.74, 6) is -0.698. The third-order valence-electron chi connectivity index (χ3n) is 4.74. The van der Waals surface area contributed by atoms with Gasteiger partial charge in [-0.2, -0.15) is 0 Å². The zero-order valence-electron chi connectivity index (χ0n) is 15.4. The molecule has 1 saturated heterocycles. The first-order chi connectivity index (χ1) is 12.4. The maximum absolute atomic E-state index is 12.7. The van der Waals surface area contributed by atoms with Crippen molar-refractivity contribution in [2.45, 2.75) is 51.7 Å². The summed E-state index contributed by atoms with van der Waals surface area (Å²) in [5, 5.41) is 2.32. The van der Waals surface area contributed by atoms with Gasteiger partial charge in [0.15, 0.2) is 0 Å². The highest BCUT2D eigenvalue weighted by atomic mass is 16.5. The van der Waals surface area contributed by atoms with Crippen LogP contribution < -0.4 is 11.0 Å². The van der Waals surface area contributed by atoms with E-state index in [4.69, 9.17) is 4.74 Å². The van der Waals surface area contributed by atoms with Crippen LogP contribution in [-0.2, 0) is 27.8 Å². The Balaban J connectivity index is 1.87. The van der Waals surface area contributed by atoms with Crippen molar-refractivity contribution in [3.8, 4) is 0 Å². The Labute approximate surface area is 151 Å². The van der Waals surface area contributed by atoms with Gasteiger partial charge in [0.25, 0.3) is 0 Å². The van der Waals surface area contributed by atoms with Gasteiger partial charge in [0.1, 0.15) is 6.04 Å². The van der Waals surface area contributed by atoms with Crippen molar-refractivity contribution in [1.82, 2.24) is 14.5 Å². The number of benzene rings is 1. The van der Waals surface area contributed by atoms with Crippen molar-refractivity contribution >= 4 is 22.8 Å². The number of rotatable bonds is 6. The predicted molar refractivity (Wildman–Crippen MR) is 98.0 cm³/mol. The van der Waals surface area contributed by atoms with Crippen LogP contribution >= 0.6 is 0 Å². The summed E-state index contributed by atoms with van der Waals surface area (Å²) >= 11 is 0. The summed E-state index contributed by atoms with van der Waals surface area (Å²) in [4.78, 5) is 36.3. The lowest BCUT2D eigenvalue weighted by molar-refractivity contribution is -0.135. The second-order valence-corrected chi connectivity index (χ2v) is 7.02.